The van der Waals surface area contributed by atoms with Crippen LogP contribution in [0.4, 0.5) is 0 Å². The number of rotatable bonds is 10. The monoisotopic (exact) mass is 760 g/mol. The van der Waals surface area contributed by atoms with Crippen molar-refractivity contribution in [3.63, 3.8) is 0 Å². The molecule has 2 aliphatic carbocycles. The van der Waals surface area contributed by atoms with E-state index in [1.807, 2.05) is 0 Å². The van der Waals surface area contributed by atoms with Gasteiger partial charge in [-0.3, -0.25) is 28.8 Å². The highest BCUT2D eigenvalue weighted by Gasteiger charge is 2.57. The van der Waals surface area contributed by atoms with Crippen molar-refractivity contribution < 1.29 is 76.2 Å². The zero-order valence-electron chi connectivity index (χ0n) is 32.0. The Labute approximate surface area is 312 Å². The summed E-state index contributed by atoms with van der Waals surface area (Å²) >= 11 is 0. The highest BCUT2D eigenvalue weighted by Crippen LogP contribution is 2.61. The van der Waals surface area contributed by atoms with Crippen LogP contribution in [0.15, 0.2) is 0 Å². The highest BCUT2D eigenvalue weighted by atomic mass is 16.7. The topological polar surface area (TPSA) is 203 Å². The van der Waals surface area contributed by atoms with E-state index in [0.717, 1.165) is 40.5 Å². The van der Waals surface area contributed by atoms with E-state index in [1.165, 1.54) is 13.8 Å². The van der Waals surface area contributed by atoms with E-state index < -0.39 is 97.4 Å². The highest BCUT2D eigenvalue weighted by molar-refractivity contribution is 5.98. The van der Waals surface area contributed by atoms with Crippen molar-refractivity contribution >= 4 is 41.8 Å². The Hall–Kier alpha value is -4.73. The molecule has 54 heavy (non-hydrogen) atoms. The molecule has 16 heteroatoms. The van der Waals surface area contributed by atoms with E-state index in [2.05, 4.69) is 20.8 Å². The smallest absolute Gasteiger partial charge is 0.342 e. The summed E-state index contributed by atoms with van der Waals surface area (Å²) in [6.45, 7) is 12.4. The van der Waals surface area contributed by atoms with Crippen LogP contribution in [0.3, 0.4) is 0 Å². The van der Waals surface area contributed by atoms with Crippen LogP contribution in [0, 0.1) is 11.3 Å². The summed E-state index contributed by atoms with van der Waals surface area (Å²) in [5.74, 6) is -5.21. The molecule has 2 heterocycles. The third-order valence-corrected chi connectivity index (χ3v) is 10.7. The van der Waals surface area contributed by atoms with Crippen LogP contribution in [0.1, 0.15) is 127 Å². The second kappa shape index (κ2) is 15.6. The Morgan fingerprint density at radius 1 is 0.741 bits per heavy atom. The quantitative estimate of drug-likeness (QED) is 0.245. The Bertz CT molecular complexity index is 1730. The van der Waals surface area contributed by atoms with Gasteiger partial charge in [0.05, 0.1) is 11.1 Å². The Balaban J connectivity index is 1.78. The standard InChI is InChI=1S/C38H48O16/c1-17(39)46-15-24-27-28(35(51-22(6)44)54-34(27)45)29-23(11-12-26-37(7,8)13-10-14-38(26,29)9)30(24)53-36-33(50-21(5)43)32(49-20(4)42)31(48-19(3)41)25(52-36)16-47-18(2)40/h25-26,31-33,35-36H,10-16H2,1-9H3/t25-,26+,31-,32+,33-,35+,36+,38+/m1/s1. The third kappa shape index (κ3) is 8.03. The Morgan fingerprint density at radius 3 is 1.93 bits per heavy atom. The van der Waals surface area contributed by atoms with E-state index in [1.54, 1.807) is 0 Å². The summed E-state index contributed by atoms with van der Waals surface area (Å²) in [5, 5.41) is 0. The number of hydrogen-bond acceptors (Lipinski definition) is 16. The van der Waals surface area contributed by atoms with Gasteiger partial charge in [0.15, 0.2) is 12.2 Å². The van der Waals surface area contributed by atoms with Crippen molar-refractivity contribution in [3.8, 4) is 5.75 Å². The fraction of sp³-hybridized carbons (Fsp3) is 0.658. The largest absolute Gasteiger partial charge is 0.463 e. The van der Waals surface area contributed by atoms with Crippen LogP contribution in [0.5, 0.6) is 5.75 Å². The van der Waals surface area contributed by atoms with E-state index in [4.69, 9.17) is 42.6 Å². The lowest BCUT2D eigenvalue weighted by atomic mass is 9.49. The fourth-order valence-corrected chi connectivity index (χ4v) is 8.94. The zero-order valence-corrected chi connectivity index (χ0v) is 32.0. The minimum absolute atomic E-state index is 0.0212. The molecule has 5 rings (SSSR count). The Morgan fingerprint density at radius 2 is 1.33 bits per heavy atom. The van der Waals surface area contributed by atoms with Gasteiger partial charge in [0.1, 0.15) is 25.1 Å². The summed E-state index contributed by atoms with van der Waals surface area (Å²) in [7, 11) is 0. The van der Waals surface area contributed by atoms with Gasteiger partial charge in [0.25, 0.3) is 6.29 Å². The number of carbonyl (C=O) groups excluding carboxylic acids is 7. The van der Waals surface area contributed by atoms with E-state index in [0.29, 0.717) is 36.0 Å². The van der Waals surface area contributed by atoms with Gasteiger partial charge in [-0.15, -0.1) is 0 Å². The SMILES string of the molecule is CC(=O)OCc1c(O[C@@H]2O[C@H](COC(C)=O)[C@@H](OC(C)=O)[C@H](OC(C)=O)[C@H]2OC(C)=O)c2c(c3c1C(=O)O[C@@H]3OC(C)=O)[C@@]1(C)CCCC(C)(C)[C@@H]1CC2. The first-order valence-corrected chi connectivity index (χ1v) is 18.0. The molecular formula is C38H48O16. The van der Waals surface area contributed by atoms with Crippen LogP contribution < -0.4 is 4.74 Å². The minimum Gasteiger partial charge on any atom is -0.463 e. The molecule has 8 atom stereocenters. The van der Waals surface area contributed by atoms with Crippen LogP contribution in [-0.2, 0) is 85.1 Å². The lowest BCUT2D eigenvalue weighted by Gasteiger charge is -2.55. The lowest BCUT2D eigenvalue weighted by molar-refractivity contribution is -0.288. The van der Waals surface area contributed by atoms with Crippen LogP contribution in [-0.4, -0.2) is 79.1 Å². The summed E-state index contributed by atoms with van der Waals surface area (Å²) in [6.07, 6.45) is -5.32. The summed E-state index contributed by atoms with van der Waals surface area (Å²) < 4.78 is 51.8. The molecular weight excluding hydrogens is 712 g/mol. The number of ether oxygens (including phenoxy) is 9. The molecule has 0 radical (unpaired) electrons. The van der Waals surface area contributed by atoms with Crippen molar-refractivity contribution in [2.24, 2.45) is 11.3 Å². The minimum atomic E-state index is -1.65. The molecule has 1 saturated carbocycles. The van der Waals surface area contributed by atoms with E-state index >= 15 is 0 Å². The predicted molar refractivity (Wildman–Crippen MR) is 181 cm³/mol. The van der Waals surface area contributed by atoms with Crippen molar-refractivity contribution in [1.82, 2.24) is 0 Å². The van der Waals surface area contributed by atoms with Crippen LogP contribution >= 0.6 is 0 Å². The average molecular weight is 761 g/mol. The van der Waals surface area contributed by atoms with Crippen LogP contribution in [0.2, 0.25) is 0 Å². The molecule has 0 N–H and O–H groups in total. The van der Waals surface area contributed by atoms with Gasteiger partial charge < -0.3 is 42.6 Å². The molecule has 2 aliphatic heterocycles. The molecule has 0 amide bonds. The fourth-order valence-electron chi connectivity index (χ4n) is 8.94. The van der Waals surface area contributed by atoms with Crippen molar-refractivity contribution in [2.75, 3.05) is 6.61 Å². The maximum atomic E-state index is 13.9. The molecule has 1 aromatic rings. The van der Waals surface area contributed by atoms with Crippen molar-refractivity contribution in [2.45, 2.75) is 143 Å². The molecule has 0 unspecified atom stereocenters. The van der Waals surface area contributed by atoms with Crippen molar-refractivity contribution in [1.29, 1.82) is 0 Å². The third-order valence-electron chi connectivity index (χ3n) is 10.7. The number of benzene rings is 1. The van der Waals surface area contributed by atoms with Gasteiger partial charge >= 0.3 is 41.8 Å². The summed E-state index contributed by atoms with van der Waals surface area (Å²) in [5.41, 5.74) is 0.962. The van der Waals surface area contributed by atoms with E-state index in [9.17, 15) is 33.6 Å². The van der Waals surface area contributed by atoms with Gasteiger partial charge in [-0.1, -0.05) is 27.2 Å². The van der Waals surface area contributed by atoms with Gasteiger partial charge in [-0.25, -0.2) is 4.79 Å². The lowest BCUT2D eigenvalue weighted by Crippen LogP contribution is -2.63. The number of fused-ring (bicyclic) bond motifs is 5. The molecule has 0 spiro atoms. The molecule has 296 valence electrons. The van der Waals surface area contributed by atoms with Crippen molar-refractivity contribution in [3.05, 3.63) is 27.8 Å². The summed E-state index contributed by atoms with van der Waals surface area (Å²) in [6, 6.07) is 0. The molecule has 0 bridgehead atoms. The summed E-state index contributed by atoms with van der Waals surface area (Å²) in [4.78, 5) is 87.9. The normalized spacial score (nSPS) is 29.2. The average Bonchev–Trinajstić information content (AvgIpc) is 3.35. The molecule has 16 nitrogen and oxygen atoms in total. The Kier molecular flexibility index (Phi) is 11.7. The second-order valence-corrected chi connectivity index (χ2v) is 15.1. The molecule has 1 aromatic carbocycles. The van der Waals surface area contributed by atoms with Gasteiger partial charge in [-0.2, -0.15) is 0 Å². The molecule has 1 saturated heterocycles. The van der Waals surface area contributed by atoms with Gasteiger partial charge in [0, 0.05) is 47.1 Å². The number of carbonyl (C=O) groups is 7. The number of cyclic esters (lactones) is 1. The second-order valence-electron chi connectivity index (χ2n) is 15.1. The predicted octanol–water partition coefficient (Wildman–Crippen LogP) is 3.97. The molecule has 4 aliphatic rings. The van der Waals surface area contributed by atoms with Gasteiger partial charge in [-0.05, 0) is 53.6 Å². The first-order valence-electron chi connectivity index (χ1n) is 18.0. The first-order chi connectivity index (χ1) is 25.2. The van der Waals surface area contributed by atoms with Crippen LogP contribution in [0.25, 0.3) is 0 Å². The number of esters is 7. The molecule has 2 fully saturated rings. The molecule has 0 aromatic heterocycles. The zero-order chi connectivity index (χ0) is 39.9. The number of hydrogen-bond donors (Lipinski definition) is 0. The van der Waals surface area contributed by atoms with E-state index in [-0.39, 0.29) is 28.2 Å². The maximum absolute atomic E-state index is 13.9. The maximum Gasteiger partial charge on any atom is 0.342 e. The first kappa shape index (κ1) is 40.5. The van der Waals surface area contributed by atoms with Gasteiger partial charge in [0.2, 0.25) is 12.4 Å².